The monoisotopic (exact) mass is 409 g/mol. The highest BCUT2D eigenvalue weighted by atomic mass is 16.5. The molecule has 2 aromatic carbocycles. The molecular weight excluding hydrogens is 382 g/mol. The fourth-order valence-electron chi connectivity index (χ4n) is 3.35. The molecule has 3 rings (SSSR count). The largest absolute Gasteiger partial charge is 0.385 e. The zero-order valence-electron chi connectivity index (χ0n) is 17.1. The van der Waals surface area contributed by atoms with Crippen molar-refractivity contribution in [1.29, 1.82) is 0 Å². The normalized spacial score (nSPS) is 13.4. The Morgan fingerprint density at radius 2 is 1.83 bits per heavy atom. The predicted molar refractivity (Wildman–Crippen MR) is 114 cm³/mol. The summed E-state index contributed by atoms with van der Waals surface area (Å²) in [6.45, 7) is 2.41. The zero-order valence-corrected chi connectivity index (χ0v) is 17.1. The van der Waals surface area contributed by atoms with Gasteiger partial charge in [0.2, 0.25) is 5.91 Å². The van der Waals surface area contributed by atoms with Gasteiger partial charge in [0, 0.05) is 45.3 Å². The van der Waals surface area contributed by atoms with Crippen LogP contribution < -0.4 is 10.6 Å². The molecule has 1 aliphatic heterocycles. The van der Waals surface area contributed by atoms with E-state index in [9.17, 15) is 14.4 Å². The van der Waals surface area contributed by atoms with Crippen LogP contribution in [0.2, 0.25) is 0 Å². The molecule has 0 aliphatic carbocycles. The molecule has 1 saturated heterocycles. The van der Waals surface area contributed by atoms with Crippen molar-refractivity contribution in [3.05, 3.63) is 65.2 Å². The SMILES string of the molecule is COCCCNC(=O)c1ccccc1NC(=O)c1ccc(CN2CCCC2=O)cc1. The summed E-state index contributed by atoms with van der Waals surface area (Å²) in [5.41, 5.74) is 2.34. The summed E-state index contributed by atoms with van der Waals surface area (Å²) >= 11 is 0. The summed E-state index contributed by atoms with van der Waals surface area (Å²) in [5.74, 6) is -0.361. The van der Waals surface area contributed by atoms with Gasteiger partial charge in [-0.25, -0.2) is 0 Å². The van der Waals surface area contributed by atoms with E-state index in [1.54, 1.807) is 43.5 Å². The third-order valence-electron chi connectivity index (χ3n) is 4.99. The number of nitrogens with one attached hydrogen (secondary N) is 2. The lowest BCUT2D eigenvalue weighted by Crippen LogP contribution is -2.26. The Labute approximate surface area is 176 Å². The maximum Gasteiger partial charge on any atom is 0.255 e. The van der Waals surface area contributed by atoms with Gasteiger partial charge in [-0.2, -0.15) is 0 Å². The number of nitrogens with zero attached hydrogens (tertiary/aromatic N) is 1. The first-order valence-electron chi connectivity index (χ1n) is 10.1. The van der Waals surface area contributed by atoms with Gasteiger partial charge in [0.1, 0.15) is 0 Å². The van der Waals surface area contributed by atoms with E-state index in [2.05, 4.69) is 10.6 Å². The van der Waals surface area contributed by atoms with E-state index in [0.29, 0.717) is 49.4 Å². The second-order valence-corrected chi connectivity index (χ2v) is 7.22. The minimum absolute atomic E-state index is 0.175. The van der Waals surface area contributed by atoms with Crippen LogP contribution in [0, 0.1) is 0 Å². The third-order valence-corrected chi connectivity index (χ3v) is 4.99. The maximum atomic E-state index is 12.7. The van der Waals surface area contributed by atoms with Crippen molar-refractivity contribution >= 4 is 23.4 Å². The Balaban J connectivity index is 1.61. The first kappa shape index (κ1) is 21.5. The Kier molecular flexibility index (Phi) is 7.57. The lowest BCUT2D eigenvalue weighted by atomic mass is 10.1. The van der Waals surface area contributed by atoms with Gasteiger partial charge in [0.25, 0.3) is 11.8 Å². The van der Waals surface area contributed by atoms with E-state index in [0.717, 1.165) is 18.5 Å². The summed E-state index contributed by atoms with van der Waals surface area (Å²) in [7, 11) is 1.62. The fraction of sp³-hybridized carbons (Fsp3) is 0.348. The molecule has 1 aliphatic rings. The van der Waals surface area contributed by atoms with E-state index in [-0.39, 0.29) is 17.7 Å². The third kappa shape index (κ3) is 5.67. The molecule has 30 heavy (non-hydrogen) atoms. The van der Waals surface area contributed by atoms with E-state index < -0.39 is 0 Å². The van der Waals surface area contributed by atoms with Crippen LogP contribution in [0.4, 0.5) is 5.69 Å². The Bertz CT molecular complexity index is 896. The van der Waals surface area contributed by atoms with Crippen molar-refractivity contribution in [1.82, 2.24) is 10.2 Å². The number of carbonyl (C=O) groups is 3. The number of carbonyl (C=O) groups excluding carboxylic acids is 3. The van der Waals surface area contributed by atoms with Crippen LogP contribution in [0.3, 0.4) is 0 Å². The van der Waals surface area contributed by atoms with Gasteiger partial charge in [-0.1, -0.05) is 24.3 Å². The highest BCUT2D eigenvalue weighted by Crippen LogP contribution is 2.18. The van der Waals surface area contributed by atoms with Crippen molar-refractivity contribution in [3.8, 4) is 0 Å². The first-order chi connectivity index (χ1) is 14.6. The summed E-state index contributed by atoms with van der Waals surface area (Å²) < 4.78 is 4.98. The van der Waals surface area contributed by atoms with Crippen LogP contribution in [-0.2, 0) is 16.1 Å². The Morgan fingerprint density at radius 1 is 1.07 bits per heavy atom. The zero-order chi connectivity index (χ0) is 21.3. The molecule has 2 aromatic rings. The van der Waals surface area contributed by atoms with Crippen molar-refractivity contribution in [3.63, 3.8) is 0 Å². The van der Waals surface area contributed by atoms with Crippen LogP contribution in [-0.4, -0.2) is 49.4 Å². The second-order valence-electron chi connectivity index (χ2n) is 7.22. The number of ether oxygens (including phenoxy) is 1. The van der Waals surface area contributed by atoms with Gasteiger partial charge in [-0.05, 0) is 42.7 Å². The number of anilines is 1. The molecule has 0 saturated carbocycles. The molecule has 0 spiro atoms. The molecular formula is C23H27N3O4. The summed E-state index contributed by atoms with van der Waals surface area (Å²) in [6, 6.07) is 14.1. The summed E-state index contributed by atoms with van der Waals surface area (Å²) in [4.78, 5) is 38.7. The topological polar surface area (TPSA) is 87.7 Å². The van der Waals surface area contributed by atoms with Crippen molar-refractivity contribution in [2.75, 3.05) is 32.1 Å². The number of amides is 3. The number of hydrogen-bond donors (Lipinski definition) is 2. The number of benzene rings is 2. The molecule has 0 bridgehead atoms. The summed E-state index contributed by atoms with van der Waals surface area (Å²) in [6.07, 6.45) is 2.23. The van der Waals surface area contributed by atoms with Gasteiger partial charge in [0.15, 0.2) is 0 Å². The number of methoxy groups -OCH3 is 1. The average molecular weight is 409 g/mol. The minimum atomic E-state index is -0.293. The molecule has 3 amide bonds. The number of rotatable bonds is 9. The molecule has 1 heterocycles. The highest BCUT2D eigenvalue weighted by molar-refractivity contribution is 6.09. The van der Waals surface area contributed by atoms with Gasteiger partial charge in [-0.15, -0.1) is 0 Å². The molecule has 1 fully saturated rings. The standard InChI is InChI=1S/C23H27N3O4/c1-30-15-5-13-24-23(29)19-6-2-3-7-20(19)25-22(28)18-11-9-17(10-12-18)16-26-14-4-8-21(26)27/h2-3,6-7,9-12H,4-5,8,13-16H2,1H3,(H,24,29)(H,25,28). The van der Waals surface area contributed by atoms with E-state index in [4.69, 9.17) is 4.74 Å². The highest BCUT2D eigenvalue weighted by Gasteiger charge is 2.20. The maximum absolute atomic E-state index is 12.7. The molecule has 2 N–H and O–H groups in total. The molecule has 0 aromatic heterocycles. The fourth-order valence-corrected chi connectivity index (χ4v) is 3.35. The van der Waals surface area contributed by atoms with Gasteiger partial charge in [0.05, 0.1) is 11.3 Å². The van der Waals surface area contributed by atoms with E-state index in [1.165, 1.54) is 0 Å². The molecule has 158 valence electrons. The van der Waals surface area contributed by atoms with Crippen LogP contribution in [0.25, 0.3) is 0 Å². The smallest absolute Gasteiger partial charge is 0.255 e. The van der Waals surface area contributed by atoms with Crippen LogP contribution >= 0.6 is 0 Å². The van der Waals surface area contributed by atoms with Crippen molar-refractivity contribution < 1.29 is 19.1 Å². The van der Waals surface area contributed by atoms with Gasteiger partial charge >= 0.3 is 0 Å². The predicted octanol–water partition coefficient (Wildman–Crippen LogP) is 2.83. The Morgan fingerprint density at radius 3 is 2.53 bits per heavy atom. The van der Waals surface area contributed by atoms with E-state index in [1.807, 2.05) is 17.0 Å². The van der Waals surface area contributed by atoms with Crippen LogP contribution in [0.15, 0.2) is 48.5 Å². The minimum Gasteiger partial charge on any atom is -0.385 e. The van der Waals surface area contributed by atoms with Crippen molar-refractivity contribution in [2.24, 2.45) is 0 Å². The molecule has 0 radical (unpaired) electrons. The van der Waals surface area contributed by atoms with Crippen LogP contribution in [0.5, 0.6) is 0 Å². The quantitative estimate of drug-likeness (QED) is 0.624. The number of hydrogen-bond acceptors (Lipinski definition) is 4. The number of likely N-dealkylation sites (tertiary alicyclic amines) is 1. The van der Waals surface area contributed by atoms with Gasteiger partial charge < -0.3 is 20.3 Å². The molecule has 7 nitrogen and oxygen atoms in total. The number of para-hydroxylation sites is 1. The lowest BCUT2D eigenvalue weighted by Gasteiger charge is -2.15. The molecule has 0 atom stereocenters. The van der Waals surface area contributed by atoms with E-state index >= 15 is 0 Å². The second kappa shape index (κ2) is 10.5. The first-order valence-corrected chi connectivity index (χ1v) is 10.1. The van der Waals surface area contributed by atoms with Gasteiger partial charge in [-0.3, -0.25) is 14.4 Å². The molecule has 7 heteroatoms. The van der Waals surface area contributed by atoms with Crippen LogP contribution in [0.1, 0.15) is 45.5 Å². The average Bonchev–Trinajstić information content (AvgIpc) is 3.16. The van der Waals surface area contributed by atoms with Crippen molar-refractivity contribution in [2.45, 2.75) is 25.8 Å². The summed E-state index contributed by atoms with van der Waals surface area (Å²) in [5, 5.41) is 5.65. The Hall–Kier alpha value is -3.19. The molecule has 0 unspecified atom stereocenters. The lowest BCUT2D eigenvalue weighted by molar-refractivity contribution is -0.128.